The first kappa shape index (κ1) is 25.8. The number of carboxylic acids is 1. The number of nitrogens with zero attached hydrogens (tertiary/aromatic N) is 3. The van der Waals surface area contributed by atoms with Gasteiger partial charge in [-0.3, -0.25) is 24.5 Å². The van der Waals surface area contributed by atoms with Gasteiger partial charge in [-0.1, -0.05) is 54.1 Å². The number of carbonyl (C=O) groups excluding carboxylic acids is 1. The lowest BCUT2D eigenvalue weighted by atomic mass is 9.91. The molecular weight excluding hydrogens is 524 g/mol. The molecule has 11 heteroatoms. The number of hydrogen-bond acceptors (Lipinski definition) is 6. The molecule has 1 atom stereocenters. The summed E-state index contributed by atoms with van der Waals surface area (Å²) in [5.74, 6) is -1.72. The second-order valence-corrected chi connectivity index (χ2v) is 9.45. The van der Waals surface area contributed by atoms with Crippen LogP contribution in [0.2, 0.25) is 5.02 Å². The molecule has 0 bridgehead atoms. The molecule has 1 aliphatic rings. The van der Waals surface area contributed by atoms with Crippen LogP contribution in [0.25, 0.3) is 22.0 Å². The lowest BCUT2D eigenvalue weighted by Crippen LogP contribution is -2.27. The average Bonchev–Trinajstić information content (AvgIpc) is 3.37. The molecule has 0 unspecified atom stereocenters. The lowest BCUT2D eigenvalue weighted by Gasteiger charge is -2.21. The van der Waals surface area contributed by atoms with Crippen molar-refractivity contribution in [3.05, 3.63) is 109 Å². The van der Waals surface area contributed by atoms with Gasteiger partial charge in [0.2, 0.25) is 5.91 Å². The molecule has 2 N–H and O–H groups in total. The number of halogens is 1. The number of amides is 1. The van der Waals surface area contributed by atoms with Crippen molar-refractivity contribution in [2.75, 3.05) is 0 Å². The van der Waals surface area contributed by atoms with Crippen molar-refractivity contribution in [2.45, 2.75) is 25.3 Å². The van der Waals surface area contributed by atoms with Crippen LogP contribution in [0.1, 0.15) is 36.4 Å². The molecule has 1 amide bonds. The predicted octanol–water partition coefficient (Wildman–Crippen LogP) is 5.30. The number of rotatable bonds is 7. The largest absolute Gasteiger partial charge is 0.481 e. The Labute approximate surface area is 226 Å². The molecule has 10 nitrogen and oxygen atoms in total. The van der Waals surface area contributed by atoms with Crippen molar-refractivity contribution in [1.82, 2.24) is 9.99 Å². The van der Waals surface area contributed by atoms with Gasteiger partial charge in [-0.05, 0) is 29.3 Å². The Hall–Kier alpha value is -4.83. The molecule has 1 aliphatic heterocycles. The molecule has 5 rings (SSSR count). The first-order chi connectivity index (χ1) is 18.7. The third-order valence-electron chi connectivity index (χ3n) is 6.51. The summed E-state index contributed by atoms with van der Waals surface area (Å²) in [4.78, 5) is 51.6. The van der Waals surface area contributed by atoms with Crippen molar-refractivity contribution in [3.8, 4) is 11.1 Å². The van der Waals surface area contributed by atoms with Gasteiger partial charge in [0, 0.05) is 46.5 Å². The fraction of sp³-hybridized carbons (Fsp3) is 0.143. The van der Waals surface area contributed by atoms with Crippen molar-refractivity contribution in [2.24, 2.45) is 5.10 Å². The first-order valence-electron chi connectivity index (χ1n) is 12.0. The van der Waals surface area contributed by atoms with Crippen LogP contribution in [0.15, 0.2) is 82.7 Å². The van der Waals surface area contributed by atoms with Crippen molar-refractivity contribution < 1.29 is 19.6 Å². The fourth-order valence-electron chi connectivity index (χ4n) is 4.77. The second kappa shape index (κ2) is 10.5. The smallest absolute Gasteiger partial charge is 0.303 e. The van der Waals surface area contributed by atoms with Gasteiger partial charge in [-0.2, -0.15) is 5.10 Å². The summed E-state index contributed by atoms with van der Waals surface area (Å²) >= 11 is 6.32. The number of aromatic amines is 1. The van der Waals surface area contributed by atoms with E-state index in [0.717, 1.165) is 10.6 Å². The summed E-state index contributed by atoms with van der Waals surface area (Å²) in [5, 5.41) is 27.3. The summed E-state index contributed by atoms with van der Waals surface area (Å²) in [7, 11) is 0. The predicted molar refractivity (Wildman–Crippen MR) is 146 cm³/mol. The van der Waals surface area contributed by atoms with Crippen molar-refractivity contribution >= 4 is 45.8 Å². The van der Waals surface area contributed by atoms with Crippen LogP contribution >= 0.6 is 11.6 Å². The highest BCUT2D eigenvalue weighted by Gasteiger charge is 2.36. The molecule has 196 valence electrons. The normalized spacial score (nSPS) is 14.8. The number of non-ortho nitro benzene ring substituents is 1. The summed E-state index contributed by atoms with van der Waals surface area (Å²) in [6.45, 7) is 0. The van der Waals surface area contributed by atoms with Crippen LogP contribution < -0.4 is 5.56 Å². The Morgan fingerprint density at radius 3 is 2.54 bits per heavy atom. The number of nitro groups is 1. The number of pyridine rings is 1. The molecule has 39 heavy (non-hydrogen) atoms. The van der Waals surface area contributed by atoms with E-state index in [1.165, 1.54) is 18.2 Å². The van der Waals surface area contributed by atoms with Crippen molar-refractivity contribution in [1.29, 1.82) is 0 Å². The van der Waals surface area contributed by atoms with Gasteiger partial charge in [0.05, 0.1) is 28.7 Å². The standard InChI is InChI=1S/C28H21ClN4O6/c29-18-9-10-21-20(14-18)26(16-5-2-1-3-6-16)27(28(37)30-21)22-15-23(17-7-4-8-19(13-17)33(38)39)32(31-22)24(34)11-12-25(35)36/h1-10,13-14,23H,11-12,15H2,(H,30,37)(H,35,36)/t23-/m0/s1. The maximum atomic E-state index is 13.5. The average molecular weight is 545 g/mol. The zero-order valence-electron chi connectivity index (χ0n) is 20.3. The molecule has 0 aliphatic carbocycles. The zero-order chi connectivity index (χ0) is 27.7. The minimum absolute atomic E-state index is 0.0783. The number of carbonyl (C=O) groups is 2. The number of nitrogens with one attached hydrogen (secondary N) is 1. The van der Waals surface area contributed by atoms with Gasteiger partial charge in [0.25, 0.3) is 11.2 Å². The topological polar surface area (TPSA) is 146 Å². The number of nitro benzene ring substituents is 1. The van der Waals surface area contributed by atoms with Gasteiger partial charge in [0.15, 0.2) is 0 Å². The summed E-state index contributed by atoms with van der Waals surface area (Å²) in [5.41, 5.74) is 2.24. The lowest BCUT2D eigenvalue weighted by molar-refractivity contribution is -0.385. The monoisotopic (exact) mass is 544 g/mol. The Balaban J connectivity index is 1.70. The van der Waals surface area contributed by atoms with Crippen LogP contribution in [0.5, 0.6) is 0 Å². The highest BCUT2D eigenvalue weighted by atomic mass is 35.5. The number of hydrazone groups is 1. The van der Waals surface area contributed by atoms with Gasteiger partial charge in [-0.25, -0.2) is 5.01 Å². The Kier molecular flexibility index (Phi) is 6.95. The number of carboxylic acid groups (broad SMARTS) is 1. The molecule has 0 saturated carbocycles. The maximum absolute atomic E-state index is 13.5. The highest BCUT2D eigenvalue weighted by Crippen LogP contribution is 2.38. The number of hydrogen-bond donors (Lipinski definition) is 2. The van der Waals surface area contributed by atoms with E-state index in [9.17, 15) is 24.5 Å². The molecule has 0 radical (unpaired) electrons. The molecule has 1 aromatic heterocycles. The molecule has 4 aromatic rings. The molecule has 0 spiro atoms. The highest BCUT2D eigenvalue weighted by molar-refractivity contribution is 6.31. The Morgan fingerprint density at radius 1 is 1.05 bits per heavy atom. The van der Waals surface area contributed by atoms with E-state index in [0.29, 0.717) is 27.1 Å². The van der Waals surface area contributed by atoms with Crippen LogP contribution in [0.4, 0.5) is 5.69 Å². The van der Waals surface area contributed by atoms with E-state index in [2.05, 4.69) is 10.1 Å². The summed E-state index contributed by atoms with van der Waals surface area (Å²) < 4.78 is 0. The van der Waals surface area contributed by atoms with Crippen LogP contribution in [0.3, 0.4) is 0 Å². The van der Waals surface area contributed by atoms with Crippen LogP contribution in [-0.2, 0) is 9.59 Å². The van der Waals surface area contributed by atoms with Gasteiger partial charge >= 0.3 is 5.97 Å². The van der Waals surface area contributed by atoms with E-state index in [1.54, 1.807) is 24.3 Å². The van der Waals surface area contributed by atoms with E-state index < -0.39 is 34.8 Å². The third-order valence-corrected chi connectivity index (χ3v) is 6.75. The van der Waals surface area contributed by atoms with E-state index in [-0.39, 0.29) is 29.8 Å². The number of H-pyrrole nitrogens is 1. The minimum Gasteiger partial charge on any atom is -0.481 e. The minimum atomic E-state index is -1.15. The summed E-state index contributed by atoms with van der Waals surface area (Å²) in [6, 6.07) is 19.4. The van der Waals surface area contributed by atoms with Crippen LogP contribution in [0, 0.1) is 10.1 Å². The molecule has 0 fully saturated rings. The third kappa shape index (κ3) is 5.14. The molecule has 0 saturated heterocycles. The van der Waals surface area contributed by atoms with E-state index in [4.69, 9.17) is 16.7 Å². The Morgan fingerprint density at radius 2 is 1.82 bits per heavy atom. The fourth-order valence-corrected chi connectivity index (χ4v) is 4.94. The molecular formula is C28H21ClN4O6. The number of aromatic nitrogens is 1. The quantitative estimate of drug-likeness (QED) is 0.238. The maximum Gasteiger partial charge on any atom is 0.303 e. The van der Waals surface area contributed by atoms with Gasteiger partial charge in [-0.15, -0.1) is 0 Å². The number of benzene rings is 3. The molecule has 3 aromatic carbocycles. The van der Waals surface area contributed by atoms with Gasteiger partial charge < -0.3 is 10.1 Å². The van der Waals surface area contributed by atoms with E-state index >= 15 is 0 Å². The van der Waals surface area contributed by atoms with Crippen LogP contribution in [-0.4, -0.2) is 37.6 Å². The first-order valence-corrected chi connectivity index (χ1v) is 12.4. The van der Waals surface area contributed by atoms with Gasteiger partial charge in [0.1, 0.15) is 0 Å². The Bertz CT molecular complexity index is 1720. The van der Waals surface area contributed by atoms with Crippen molar-refractivity contribution in [3.63, 3.8) is 0 Å². The number of fused-ring (bicyclic) bond motifs is 1. The molecule has 2 heterocycles. The summed E-state index contributed by atoms with van der Waals surface area (Å²) in [6.07, 6.45) is -0.659. The second-order valence-electron chi connectivity index (χ2n) is 9.01. The van der Waals surface area contributed by atoms with E-state index in [1.807, 2.05) is 30.3 Å². The SMILES string of the molecule is O=C(O)CCC(=O)N1N=C(c2c(-c3ccccc3)c3cc(Cl)ccc3[nH]c2=O)C[C@H]1c1cccc([N+](=O)[O-])c1. The zero-order valence-corrected chi connectivity index (χ0v) is 21.1. The number of aliphatic carboxylic acids is 1.